The minimum Gasteiger partial charge on any atom is -0.321 e. The Labute approximate surface area is 123 Å². The summed E-state index contributed by atoms with van der Waals surface area (Å²) < 4.78 is 0. The van der Waals surface area contributed by atoms with Gasteiger partial charge in [-0.2, -0.15) is 0 Å². The number of carbonyl (C=O) groups is 1. The highest BCUT2D eigenvalue weighted by atomic mass is 35.5. The van der Waals surface area contributed by atoms with Crippen molar-refractivity contribution in [3.8, 4) is 0 Å². The van der Waals surface area contributed by atoms with E-state index < -0.39 is 10.8 Å². The van der Waals surface area contributed by atoms with E-state index >= 15 is 0 Å². The highest BCUT2D eigenvalue weighted by Gasteiger charge is 2.14. The second-order valence-electron chi connectivity index (χ2n) is 3.74. The van der Waals surface area contributed by atoms with Crippen molar-refractivity contribution in [2.45, 2.75) is 0 Å². The van der Waals surface area contributed by atoms with Gasteiger partial charge in [-0.3, -0.25) is 19.9 Å². The number of hydrogen-bond acceptors (Lipinski definition) is 4. The molecular formula is C12H7Cl2N3O3. The molecule has 0 saturated carbocycles. The first kappa shape index (κ1) is 14.2. The van der Waals surface area contributed by atoms with Crippen molar-refractivity contribution in [3.63, 3.8) is 0 Å². The van der Waals surface area contributed by atoms with Crippen molar-refractivity contribution >= 4 is 40.5 Å². The molecule has 2 aromatic rings. The summed E-state index contributed by atoms with van der Waals surface area (Å²) in [5.74, 6) is -0.489. The Kier molecular flexibility index (Phi) is 4.16. The number of nitro groups is 1. The van der Waals surface area contributed by atoms with Gasteiger partial charge in [0, 0.05) is 23.0 Å². The van der Waals surface area contributed by atoms with Crippen LogP contribution < -0.4 is 5.32 Å². The molecule has 20 heavy (non-hydrogen) atoms. The Balaban J connectivity index is 2.20. The number of halogens is 2. The van der Waals surface area contributed by atoms with Gasteiger partial charge in [0.2, 0.25) is 0 Å². The average molecular weight is 312 g/mol. The first-order chi connectivity index (χ1) is 9.47. The Morgan fingerprint density at radius 2 is 2.00 bits per heavy atom. The van der Waals surface area contributed by atoms with Gasteiger partial charge in [-0.15, -0.1) is 0 Å². The zero-order valence-electron chi connectivity index (χ0n) is 9.84. The molecule has 0 aliphatic heterocycles. The number of nitrogens with zero attached hydrogens (tertiary/aromatic N) is 2. The second kappa shape index (κ2) is 5.85. The number of benzene rings is 1. The molecule has 0 saturated heterocycles. The number of aromatic nitrogens is 1. The maximum absolute atomic E-state index is 11.9. The summed E-state index contributed by atoms with van der Waals surface area (Å²) in [5.41, 5.74) is 0.227. The fourth-order valence-electron chi connectivity index (χ4n) is 1.46. The average Bonchev–Trinajstić information content (AvgIpc) is 2.38. The summed E-state index contributed by atoms with van der Waals surface area (Å²) in [5, 5.41) is 13.5. The molecule has 0 fully saturated rings. The van der Waals surface area contributed by atoms with Crippen LogP contribution in [0.2, 0.25) is 10.0 Å². The summed E-state index contributed by atoms with van der Waals surface area (Å²) >= 11 is 11.5. The van der Waals surface area contributed by atoms with E-state index in [2.05, 4.69) is 10.3 Å². The van der Waals surface area contributed by atoms with Crippen LogP contribution >= 0.6 is 23.2 Å². The Morgan fingerprint density at radius 1 is 1.25 bits per heavy atom. The fourth-order valence-corrected chi connectivity index (χ4v) is 1.87. The zero-order valence-corrected chi connectivity index (χ0v) is 11.4. The van der Waals surface area contributed by atoms with Crippen molar-refractivity contribution in [3.05, 3.63) is 62.4 Å². The number of amides is 1. The lowest BCUT2D eigenvalue weighted by Gasteiger charge is -2.05. The lowest BCUT2D eigenvalue weighted by molar-refractivity contribution is -0.384. The van der Waals surface area contributed by atoms with Crippen molar-refractivity contribution in [1.29, 1.82) is 0 Å². The summed E-state index contributed by atoms with van der Waals surface area (Å²) in [6.07, 6.45) is 1.40. The highest BCUT2D eigenvalue weighted by molar-refractivity contribution is 6.33. The Morgan fingerprint density at radius 3 is 2.60 bits per heavy atom. The summed E-state index contributed by atoms with van der Waals surface area (Å²) in [4.78, 5) is 25.8. The summed E-state index contributed by atoms with van der Waals surface area (Å²) in [7, 11) is 0. The normalized spacial score (nSPS) is 10.1. The van der Waals surface area contributed by atoms with Crippen LogP contribution in [0, 0.1) is 10.1 Å². The van der Waals surface area contributed by atoms with Gasteiger partial charge in [-0.1, -0.05) is 23.2 Å². The molecule has 8 heteroatoms. The molecule has 0 spiro atoms. The van der Waals surface area contributed by atoms with Crippen LogP contribution in [0.4, 0.5) is 11.4 Å². The first-order valence-corrected chi connectivity index (χ1v) is 6.10. The standard InChI is InChI=1S/C12H7Cl2N3O3/c13-7-3-4-15-10(5-7)12(18)16-8-1-2-11(17(19)20)9(14)6-8/h1-6H,(H,16,18). The maximum atomic E-state index is 11.9. The van der Waals surface area contributed by atoms with E-state index in [9.17, 15) is 14.9 Å². The van der Waals surface area contributed by atoms with Gasteiger partial charge in [0.05, 0.1) is 4.92 Å². The minimum absolute atomic E-state index is 0.0631. The van der Waals surface area contributed by atoms with Gasteiger partial charge in [0.15, 0.2) is 0 Å². The van der Waals surface area contributed by atoms with E-state index in [0.717, 1.165) is 0 Å². The topological polar surface area (TPSA) is 85.1 Å². The van der Waals surface area contributed by atoms with Crippen molar-refractivity contribution in [2.24, 2.45) is 0 Å². The third kappa shape index (κ3) is 3.23. The summed E-state index contributed by atoms with van der Waals surface area (Å²) in [6, 6.07) is 6.84. The van der Waals surface area contributed by atoms with Crippen LogP contribution in [0.25, 0.3) is 0 Å². The first-order valence-electron chi connectivity index (χ1n) is 5.34. The van der Waals surface area contributed by atoms with Gasteiger partial charge in [0.25, 0.3) is 11.6 Å². The monoisotopic (exact) mass is 311 g/mol. The second-order valence-corrected chi connectivity index (χ2v) is 4.58. The number of nitrogens with one attached hydrogen (secondary N) is 1. The molecule has 1 N–H and O–H groups in total. The molecule has 1 amide bonds. The number of pyridine rings is 1. The predicted octanol–water partition coefficient (Wildman–Crippen LogP) is 3.55. The van der Waals surface area contributed by atoms with Gasteiger partial charge in [-0.05, 0) is 24.3 Å². The number of anilines is 1. The lowest BCUT2D eigenvalue weighted by Crippen LogP contribution is -2.13. The molecule has 0 bridgehead atoms. The van der Waals surface area contributed by atoms with Crippen molar-refractivity contribution in [1.82, 2.24) is 4.98 Å². The molecule has 0 radical (unpaired) electrons. The fraction of sp³-hybridized carbons (Fsp3) is 0. The van der Waals surface area contributed by atoms with Crippen LogP contribution in [-0.2, 0) is 0 Å². The van der Waals surface area contributed by atoms with Crippen molar-refractivity contribution < 1.29 is 9.72 Å². The molecule has 6 nitrogen and oxygen atoms in total. The zero-order chi connectivity index (χ0) is 14.7. The molecule has 0 unspecified atom stereocenters. The van der Waals surface area contributed by atoms with Crippen LogP contribution in [0.5, 0.6) is 0 Å². The number of hydrogen-bond donors (Lipinski definition) is 1. The Hall–Kier alpha value is -2.18. The minimum atomic E-state index is -0.605. The van der Waals surface area contributed by atoms with Gasteiger partial charge in [-0.25, -0.2) is 0 Å². The number of rotatable bonds is 3. The Bertz CT molecular complexity index is 691. The van der Waals surface area contributed by atoms with Crippen LogP contribution in [0.15, 0.2) is 36.5 Å². The van der Waals surface area contributed by atoms with Crippen LogP contribution in [-0.4, -0.2) is 15.8 Å². The number of nitro benzene ring substituents is 1. The molecule has 1 aromatic heterocycles. The quantitative estimate of drug-likeness (QED) is 0.693. The molecule has 0 atom stereocenters. The molecule has 2 rings (SSSR count). The van der Waals surface area contributed by atoms with Crippen LogP contribution in [0.3, 0.4) is 0 Å². The van der Waals surface area contributed by atoms with Gasteiger partial charge >= 0.3 is 0 Å². The molecule has 102 valence electrons. The van der Waals surface area contributed by atoms with Gasteiger partial charge < -0.3 is 5.32 Å². The van der Waals surface area contributed by atoms with Crippen LogP contribution in [0.1, 0.15) is 10.5 Å². The van der Waals surface area contributed by atoms with Crippen molar-refractivity contribution in [2.75, 3.05) is 5.32 Å². The van der Waals surface area contributed by atoms with E-state index in [1.54, 1.807) is 6.07 Å². The largest absolute Gasteiger partial charge is 0.321 e. The SMILES string of the molecule is O=C(Nc1ccc([N+](=O)[O-])c(Cl)c1)c1cc(Cl)ccn1. The maximum Gasteiger partial charge on any atom is 0.288 e. The van der Waals surface area contributed by atoms with E-state index in [4.69, 9.17) is 23.2 Å². The molecule has 1 aromatic carbocycles. The van der Waals surface area contributed by atoms with E-state index in [1.165, 1.54) is 30.5 Å². The smallest absolute Gasteiger partial charge is 0.288 e. The highest BCUT2D eigenvalue weighted by Crippen LogP contribution is 2.27. The number of carbonyl (C=O) groups excluding carboxylic acids is 1. The lowest BCUT2D eigenvalue weighted by atomic mass is 10.2. The molecule has 0 aliphatic rings. The third-order valence-electron chi connectivity index (χ3n) is 2.36. The van der Waals surface area contributed by atoms with E-state index in [-0.39, 0.29) is 16.4 Å². The predicted molar refractivity (Wildman–Crippen MR) is 75.3 cm³/mol. The molecular weight excluding hydrogens is 305 g/mol. The molecule has 1 heterocycles. The molecule has 0 aliphatic carbocycles. The van der Waals surface area contributed by atoms with E-state index in [1.807, 2.05) is 0 Å². The van der Waals surface area contributed by atoms with E-state index in [0.29, 0.717) is 10.7 Å². The summed E-state index contributed by atoms with van der Waals surface area (Å²) in [6.45, 7) is 0. The third-order valence-corrected chi connectivity index (χ3v) is 2.89. The van der Waals surface area contributed by atoms with Gasteiger partial charge in [0.1, 0.15) is 10.7 Å².